The van der Waals surface area contributed by atoms with Gasteiger partial charge < -0.3 is 26.0 Å². The maximum atomic E-state index is 12.8. The zero-order valence-electron chi connectivity index (χ0n) is 18.3. The van der Waals surface area contributed by atoms with Crippen LogP contribution < -0.4 is 16.4 Å². The van der Waals surface area contributed by atoms with E-state index in [1.54, 1.807) is 36.1 Å². The van der Waals surface area contributed by atoms with Gasteiger partial charge in [0, 0.05) is 24.3 Å². The first-order valence-electron chi connectivity index (χ1n) is 10.4. The fraction of sp³-hybridized carbons (Fsp3) is 0.304. The third kappa shape index (κ3) is 6.69. The summed E-state index contributed by atoms with van der Waals surface area (Å²) >= 11 is 0. The average Bonchev–Trinajstić information content (AvgIpc) is 2.80. The quantitative estimate of drug-likeness (QED) is 0.198. The first-order chi connectivity index (χ1) is 15.4. The number of nitrogen functional groups attached to an aromatic ring is 1. The van der Waals surface area contributed by atoms with Gasteiger partial charge in [-0.25, -0.2) is 4.79 Å². The zero-order valence-corrected chi connectivity index (χ0v) is 19.1. The smallest absolute Gasteiger partial charge is 0.338 e. The van der Waals surface area contributed by atoms with Crippen LogP contribution in [-0.2, 0) is 32.1 Å². The molecule has 0 bridgehead atoms. The number of nitrogens with one attached hydrogen (secondary N) is 3. The number of halogens is 1. The van der Waals surface area contributed by atoms with Crippen LogP contribution in [0.5, 0.6) is 0 Å². The Morgan fingerprint density at radius 3 is 2.58 bits per heavy atom. The molecule has 176 valence electrons. The molecule has 0 aromatic heterocycles. The van der Waals surface area contributed by atoms with Crippen LogP contribution in [-0.4, -0.2) is 54.3 Å². The molecule has 1 aliphatic heterocycles. The zero-order chi connectivity index (χ0) is 23.1. The maximum absolute atomic E-state index is 12.8. The van der Waals surface area contributed by atoms with Gasteiger partial charge in [0.25, 0.3) is 5.91 Å². The molecule has 1 aliphatic rings. The molecule has 2 aromatic rings. The highest BCUT2D eigenvalue weighted by molar-refractivity contribution is 6.05. The molecule has 0 spiro atoms. The van der Waals surface area contributed by atoms with Crippen LogP contribution in [0.3, 0.4) is 0 Å². The summed E-state index contributed by atoms with van der Waals surface area (Å²) < 4.78 is 5.01. The highest BCUT2D eigenvalue weighted by Gasteiger charge is 2.29. The number of ether oxygens (including phenoxy) is 1. The van der Waals surface area contributed by atoms with Gasteiger partial charge in [-0.2, -0.15) is 0 Å². The molecule has 5 N–H and O–H groups in total. The Morgan fingerprint density at radius 1 is 1.15 bits per heavy atom. The Hall–Kier alpha value is -3.59. The predicted molar refractivity (Wildman–Crippen MR) is 127 cm³/mol. The van der Waals surface area contributed by atoms with E-state index in [1.807, 2.05) is 18.2 Å². The molecule has 1 unspecified atom stereocenters. The molecule has 0 fully saturated rings. The second-order valence-electron chi connectivity index (χ2n) is 7.38. The summed E-state index contributed by atoms with van der Waals surface area (Å²) in [6, 6.07) is 13.1. The van der Waals surface area contributed by atoms with Crippen LogP contribution in [0.4, 0.5) is 5.69 Å². The molecule has 10 heteroatoms. The molecule has 0 saturated carbocycles. The highest BCUT2D eigenvalue weighted by Crippen LogP contribution is 2.18. The SMILES string of the molecule is CCOC(=O)C(Nc1cccc(C(=N)N)c1)C(=O)NCC(=O)N1CCc2ccccc2C1.Cl. The number of fused-ring (bicyclic) bond motifs is 1. The third-order valence-corrected chi connectivity index (χ3v) is 5.17. The van der Waals surface area contributed by atoms with E-state index in [0.29, 0.717) is 24.3 Å². The van der Waals surface area contributed by atoms with E-state index >= 15 is 0 Å². The molecule has 2 aromatic carbocycles. The maximum Gasteiger partial charge on any atom is 0.338 e. The van der Waals surface area contributed by atoms with Crippen molar-refractivity contribution in [2.24, 2.45) is 5.73 Å². The summed E-state index contributed by atoms with van der Waals surface area (Å²) in [6.45, 7) is 2.57. The van der Waals surface area contributed by atoms with Crippen LogP contribution >= 0.6 is 12.4 Å². The van der Waals surface area contributed by atoms with Gasteiger partial charge >= 0.3 is 5.97 Å². The highest BCUT2D eigenvalue weighted by atomic mass is 35.5. The van der Waals surface area contributed by atoms with Gasteiger partial charge in [-0.15, -0.1) is 12.4 Å². The van der Waals surface area contributed by atoms with Crippen LogP contribution in [0, 0.1) is 5.41 Å². The predicted octanol–water partition coefficient (Wildman–Crippen LogP) is 1.44. The molecule has 1 heterocycles. The van der Waals surface area contributed by atoms with Crippen LogP contribution in [0.25, 0.3) is 0 Å². The van der Waals surface area contributed by atoms with E-state index in [9.17, 15) is 14.4 Å². The number of amides is 2. The molecule has 0 aliphatic carbocycles. The Balaban J connectivity index is 0.00000385. The van der Waals surface area contributed by atoms with Crippen molar-refractivity contribution < 1.29 is 19.1 Å². The largest absolute Gasteiger partial charge is 0.464 e. The fourth-order valence-electron chi connectivity index (χ4n) is 3.49. The van der Waals surface area contributed by atoms with Crippen molar-refractivity contribution in [3.8, 4) is 0 Å². The van der Waals surface area contributed by atoms with Gasteiger partial charge in [-0.3, -0.25) is 15.0 Å². The molecule has 1 atom stereocenters. The molecule has 0 saturated heterocycles. The topological polar surface area (TPSA) is 138 Å². The van der Waals surface area contributed by atoms with Crippen molar-refractivity contribution in [2.45, 2.75) is 25.9 Å². The van der Waals surface area contributed by atoms with Gasteiger partial charge in [0.2, 0.25) is 11.9 Å². The summed E-state index contributed by atoms with van der Waals surface area (Å²) in [5, 5.41) is 12.9. The summed E-state index contributed by atoms with van der Waals surface area (Å²) in [5.74, 6) is -1.81. The van der Waals surface area contributed by atoms with Crippen LogP contribution in [0.15, 0.2) is 48.5 Å². The van der Waals surface area contributed by atoms with E-state index in [2.05, 4.69) is 16.7 Å². The number of carbonyl (C=O) groups is 3. The number of carbonyl (C=O) groups excluding carboxylic acids is 3. The lowest BCUT2D eigenvalue weighted by Crippen LogP contribution is -2.49. The van der Waals surface area contributed by atoms with E-state index in [4.69, 9.17) is 15.9 Å². The van der Waals surface area contributed by atoms with E-state index in [1.165, 1.54) is 5.56 Å². The standard InChI is InChI=1S/C23H27N5O4.ClH/c1-2-32-23(31)20(27-18-9-5-8-16(12-18)21(24)25)22(30)26-13-19(29)28-11-10-15-6-3-4-7-17(15)14-28;/h3-9,12,20,27H,2,10-11,13-14H2,1H3,(H3,24,25)(H,26,30);1H. The second kappa shape index (κ2) is 11.9. The van der Waals surface area contributed by atoms with Gasteiger partial charge in [-0.05, 0) is 36.6 Å². The number of rotatable bonds is 8. The van der Waals surface area contributed by atoms with E-state index in [-0.39, 0.29) is 37.3 Å². The van der Waals surface area contributed by atoms with Crippen LogP contribution in [0.1, 0.15) is 23.6 Å². The minimum absolute atomic E-state index is 0. The number of benzene rings is 2. The number of nitrogens with two attached hydrogens (primary N) is 1. The normalized spacial score (nSPS) is 13.1. The first kappa shape index (κ1) is 25.7. The molecule has 3 rings (SSSR count). The summed E-state index contributed by atoms with van der Waals surface area (Å²) in [4.78, 5) is 39.5. The lowest BCUT2D eigenvalue weighted by atomic mass is 10.00. The number of anilines is 1. The Bertz CT molecular complexity index is 1030. The van der Waals surface area contributed by atoms with Crippen molar-refractivity contribution in [3.63, 3.8) is 0 Å². The van der Waals surface area contributed by atoms with Crippen molar-refractivity contribution in [2.75, 3.05) is 25.0 Å². The number of amidine groups is 1. The lowest BCUT2D eigenvalue weighted by Gasteiger charge is -2.29. The Labute approximate surface area is 198 Å². The minimum Gasteiger partial charge on any atom is -0.464 e. The van der Waals surface area contributed by atoms with Crippen molar-refractivity contribution in [3.05, 3.63) is 65.2 Å². The molecule has 0 radical (unpaired) electrons. The average molecular weight is 474 g/mol. The molecular formula is C23H28ClN5O4. The van der Waals surface area contributed by atoms with Gasteiger partial charge in [-0.1, -0.05) is 36.4 Å². The molecule has 9 nitrogen and oxygen atoms in total. The Morgan fingerprint density at radius 2 is 1.88 bits per heavy atom. The number of esters is 1. The number of hydrogen-bond acceptors (Lipinski definition) is 6. The van der Waals surface area contributed by atoms with Crippen molar-refractivity contribution >= 4 is 41.7 Å². The second-order valence-corrected chi connectivity index (χ2v) is 7.38. The van der Waals surface area contributed by atoms with Crippen molar-refractivity contribution in [1.29, 1.82) is 5.41 Å². The first-order valence-corrected chi connectivity index (χ1v) is 10.4. The van der Waals surface area contributed by atoms with Gasteiger partial charge in [0.15, 0.2) is 0 Å². The summed E-state index contributed by atoms with van der Waals surface area (Å²) in [5.41, 5.74) is 8.68. The number of hydrogen-bond donors (Lipinski definition) is 4. The minimum atomic E-state index is -1.35. The summed E-state index contributed by atoms with van der Waals surface area (Å²) in [7, 11) is 0. The molecular weight excluding hydrogens is 446 g/mol. The van der Waals surface area contributed by atoms with E-state index < -0.39 is 17.9 Å². The third-order valence-electron chi connectivity index (χ3n) is 5.17. The van der Waals surface area contributed by atoms with Gasteiger partial charge in [0.1, 0.15) is 5.84 Å². The molecule has 2 amide bonds. The van der Waals surface area contributed by atoms with Crippen LogP contribution in [0.2, 0.25) is 0 Å². The van der Waals surface area contributed by atoms with E-state index in [0.717, 1.165) is 12.0 Å². The Kier molecular flexibility index (Phi) is 9.23. The lowest BCUT2D eigenvalue weighted by molar-refractivity contribution is -0.147. The fourth-order valence-corrected chi connectivity index (χ4v) is 3.49. The number of nitrogens with zero attached hydrogens (tertiary/aromatic N) is 1. The van der Waals surface area contributed by atoms with Gasteiger partial charge in [0.05, 0.1) is 13.2 Å². The summed E-state index contributed by atoms with van der Waals surface area (Å²) in [6.07, 6.45) is 0.759. The van der Waals surface area contributed by atoms with Crippen molar-refractivity contribution in [1.82, 2.24) is 10.2 Å². The molecule has 33 heavy (non-hydrogen) atoms. The monoisotopic (exact) mass is 473 g/mol.